The van der Waals surface area contributed by atoms with Crippen LogP contribution in [0.3, 0.4) is 0 Å². The van der Waals surface area contributed by atoms with Crippen LogP contribution in [0.1, 0.15) is 23.8 Å². The number of hydrogen-bond donors (Lipinski definition) is 1. The number of thioether (sulfide) groups is 1. The van der Waals surface area contributed by atoms with Gasteiger partial charge in [-0.15, -0.1) is 0 Å². The molecule has 1 aromatic rings. The zero-order chi connectivity index (χ0) is 12.6. The smallest absolute Gasteiger partial charge is 0.388 e. The van der Waals surface area contributed by atoms with E-state index in [2.05, 4.69) is 9.97 Å². The lowest BCUT2D eigenvalue weighted by Crippen LogP contribution is -2.31. The van der Waals surface area contributed by atoms with Gasteiger partial charge in [-0.1, -0.05) is 11.8 Å². The van der Waals surface area contributed by atoms with E-state index in [0.717, 1.165) is 0 Å². The Hall–Kier alpha value is -0.820. The summed E-state index contributed by atoms with van der Waals surface area (Å²) in [4.78, 5) is 8.00. The van der Waals surface area contributed by atoms with Crippen molar-refractivity contribution in [1.82, 2.24) is 9.97 Å². The van der Waals surface area contributed by atoms with Gasteiger partial charge in [0.05, 0.1) is 17.7 Å². The van der Waals surface area contributed by atoms with Crippen LogP contribution in [0.15, 0.2) is 11.4 Å². The molecule has 0 aromatic carbocycles. The number of alkyl halides is 3. The molecule has 2 atom stereocenters. The molecule has 0 saturated heterocycles. The van der Waals surface area contributed by atoms with Gasteiger partial charge in [-0.05, 0) is 12.7 Å². The van der Waals surface area contributed by atoms with Crippen molar-refractivity contribution in [3.63, 3.8) is 0 Å². The molecule has 94 valence electrons. The largest absolute Gasteiger partial charge is 0.392 e. The maximum absolute atomic E-state index is 12.6. The lowest BCUT2D eigenvalue weighted by molar-refractivity contribution is -0.184. The van der Waals surface area contributed by atoms with Crippen molar-refractivity contribution in [3.8, 4) is 0 Å². The number of halogens is 3. The molecule has 0 spiro atoms. The Labute approximate surface area is 100 Å². The number of rotatable bonds is 1. The first kappa shape index (κ1) is 12.6. The number of hydrogen-bond acceptors (Lipinski definition) is 4. The predicted octanol–water partition coefficient (Wildman–Crippen LogP) is 2.36. The molecule has 0 aliphatic heterocycles. The van der Waals surface area contributed by atoms with Gasteiger partial charge in [0, 0.05) is 18.2 Å². The van der Waals surface area contributed by atoms with Crippen LogP contribution in [0.2, 0.25) is 0 Å². The van der Waals surface area contributed by atoms with Gasteiger partial charge in [-0.3, -0.25) is 0 Å². The average molecular weight is 264 g/mol. The van der Waals surface area contributed by atoms with Crippen molar-refractivity contribution >= 4 is 11.8 Å². The molecule has 0 fully saturated rings. The summed E-state index contributed by atoms with van der Waals surface area (Å²) >= 11 is 1.27. The summed E-state index contributed by atoms with van der Waals surface area (Å²) < 4.78 is 37.9. The van der Waals surface area contributed by atoms with Gasteiger partial charge in [0.25, 0.3) is 0 Å². The third-order valence-electron chi connectivity index (χ3n) is 2.83. The third kappa shape index (κ3) is 2.55. The molecule has 7 heteroatoms. The highest BCUT2D eigenvalue weighted by atomic mass is 32.2. The van der Waals surface area contributed by atoms with Crippen LogP contribution in [0, 0.1) is 5.92 Å². The maximum atomic E-state index is 12.6. The van der Waals surface area contributed by atoms with Gasteiger partial charge >= 0.3 is 6.18 Å². The monoisotopic (exact) mass is 264 g/mol. The molecule has 0 saturated carbocycles. The van der Waals surface area contributed by atoms with E-state index in [1.165, 1.54) is 18.0 Å². The summed E-state index contributed by atoms with van der Waals surface area (Å²) in [5.74, 6) is -1.52. The molecule has 0 radical (unpaired) electrons. The number of aliphatic hydroxyl groups is 1. The van der Waals surface area contributed by atoms with Crippen LogP contribution < -0.4 is 0 Å². The molecule has 2 rings (SSSR count). The van der Waals surface area contributed by atoms with Crippen molar-refractivity contribution < 1.29 is 18.3 Å². The molecule has 0 amide bonds. The number of aliphatic hydroxyl groups excluding tert-OH is 1. The second-order valence-electron chi connectivity index (χ2n) is 3.95. The van der Waals surface area contributed by atoms with E-state index < -0.39 is 18.2 Å². The van der Waals surface area contributed by atoms with Gasteiger partial charge in [-0.2, -0.15) is 13.2 Å². The zero-order valence-corrected chi connectivity index (χ0v) is 9.85. The van der Waals surface area contributed by atoms with Gasteiger partial charge in [-0.25, -0.2) is 9.97 Å². The fourth-order valence-electron chi connectivity index (χ4n) is 1.91. The lowest BCUT2D eigenvalue weighted by atomic mass is 9.85. The predicted molar refractivity (Wildman–Crippen MR) is 56.6 cm³/mol. The molecule has 1 heterocycles. The Kier molecular flexibility index (Phi) is 3.31. The molecule has 0 bridgehead atoms. The standard InChI is InChI=1S/C10H11F3N2OS/c1-17-9-14-4-6-7(15-9)2-5(3-8(6)16)10(11,12)13/h4-5,8,16H,2-3H2,1H3/t5-,8+/m0/s1. The summed E-state index contributed by atoms with van der Waals surface area (Å²) in [7, 11) is 0. The summed E-state index contributed by atoms with van der Waals surface area (Å²) in [6, 6.07) is 0. The second kappa shape index (κ2) is 4.45. The minimum absolute atomic E-state index is 0.175. The van der Waals surface area contributed by atoms with Crippen LogP contribution in [-0.2, 0) is 6.42 Å². The van der Waals surface area contributed by atoms with E-state index in [1.807, 2.05) is 0 Å². The van der Waals surface area contributed by atoms with Crippen molar-refractivity contribution in [2.24, 2.45) is 5.92 Å². The highest BCUT2D eigenvalue weighted by molar-refractivity contribution is 7.98. The van der Waals surface area contributed by atoms with Crippen molar-refractivity contribution in [1.29, 1.82) is 0 Å². The summed E-state index contributed by atoms with van der Waals surface area (Å²) in [6.07, 6.45) is -2.72. The highest BCUT2D eigenvalue weighted by Gasteiger charge is 2.44. The Bertz CT molecular complexity index is 425. The molecular formula is C10H11F3N2OS. The SMILES string of the molecule is CSc1ncc2c(n1)C[C@H](C(F)(F)F)C[C@H]2O. The molecule has 17 heavy (non-hydrogen) atoms. The molecule has 3 nitrogen and oxygen atoms in total. The molecular weight excluding hydrogens is 253 g/mol. The summed E-state index contributed by atoms with van der Waals surface area (Å²) in [5.41, 5.74) is 0.730. The fraction of sp³-hybridized carbons (Fsp3) is 0.600. The van der Waals surface area contributed by atoms with Crippen molar-refractivity contribution in [2.75, 3.05) is 6.26 Å². The minimum atomic E-state index is -4.29. The minimum Gasteiger partial charge on any atom is -0.388 e. The normalized spacial score (nSPS) is 24.5. The highest BCUT2D eigenvalue weighted by Crippen LogP contribution is 2.40. The van der Waals surface area contributed by atoms with Gasteiger partial charge in [0.1, 0.15) is 0 Å². The molecule has 0 unspecified atom stereocenters. The Balaban J connectivity index is 2.34. The Morgan fingerprint density at radius 2 is 2.18 bits per heavy atom. The molecule has 1 aliphatic rings. The maximum Gasteiger partial charge on any atom is 0.392 e. The molecule has 1 aromatic heterocycles. The number of fused-ring (bicyclic) bond motifs is 1. The van der Waals surface area contributed by atoms with Crippen LogP contribution in [-0.4, -0.2) is 27.5 Å². The first-order valence-electron chi connectivity index (χ1n) is 5.06. The van der Waals surface area contributed by atoms with Gasteiger partial charge < -0.3 is 5.11 Å². The van der Waals surface area contributed by atoms with E-state index in [9.17, 15) is 18.3 Å². The van der Waals surface area contributed by atoms with Crippen LogP contribution >= 0.6 is 11.8 Å². The topological polar surface area (TPSA) is 46.0 Å². The van der Waals surface area contributed by atoms with Crippen LogP contribution in [0.4, 0.5) is 13.2 Å². The summed E-state index contributed by atoms with van der Waals surface area (Å²) in [5, 5.41) is 10.1. The zero-order valence-electron chi connectivity index (χ0n) is 9.03. The number of nitrogens with zero attached hydrogens (tertiary/aromatic N) is 2. The quantitative estimate of drug-likeness (QED) is 0.625. The Morgan fingerprint density at radius 3 is 2.76 bits per heavy atom. The lowest BCUT2D eigenvalue weighted by Gasteiger charge is -2.29. The van der Waals surface area contributed by atoms with E-state index >= 15 is 0 Å². The molecule has 1 N–H and O–H groups in total. The van der Waals surface area contributed by atoms with E-state index in [-0.39, 0.29) is 12.8 Å². The van der Waals surface area contributed by atoms with Crippen molar-refractivity contribution in [2.45, 2.75) is 30.3 Å². The first-order chi connectivity index (χ1) is 7.91. The molecule has 1 aliphatic carbocycles. The average Bonchev–Trinajstić information content (AvgIpc) is 2.27. The number of aromatic nitrogens is 2. The van der Waals surface area contributed by atoms with Crippen LogP contribution in [0.5, 0.6) is 0 Å². The van der Waals surface area contributed by atoms with E-state index in [1.54, 1.807) is 6.26 Å². The first-order valence-corrected chi connectivity index (χ1v) is 6.29. The Morgan fingerprint density at radius 1 is 1.47 bits per heavy atom. The third-order valence-corrected chi connectivity index (χ3v) is 3.39. The second-order valence-corrected chi connectivity index (χ2v) is 4.73. The van der Waals surface area contributed by atoms with Crippen molar-refractivity contribution in [3.05, 3.63) is 17.5 Å². The fourth-order valence-corrected chi connectivity index (χ4v) is 2.27. The van der Waals surface area contributed by atoms with Crippen LogP contribution in [0.25, 0.3) is 0 Å². The van der Waals surface area contributed by atoms with Gasteiger partial charge in [0.15, 0.2) is 5.16 Å². The summed E-state index contributed by atoms with van der Waals surface area (Å²) in [6.45, 7) is 0. The van der Waals surface area contributed by atoms with Gasteiger partial charge in [0.2, 0.25) is 0 Å². The van der Waals surface area contributed by atoms with E-state index in [0.29, 0.717) is 16.4 Å². The van der Waals surface area contributed by atoms with E-state index in [4.69, 9.17) is 0 Å².